The van der Waals surface area contributed by atoms with E-state index in [-0.39, 0.29) is 0 Å². The second-order valence-electron chi connectivity index (χ2n) is 3.80. The summed E-state index contributed by atoms with van der Waals surface area (Å²) >= 11 is 0. The lowest BCUT2D eigenvalue weighted by molar-refractivity contribution is 0.271. The van der Waals surface area contributed by atoms with Crippen molar-refractivity contribution in [3.05, 3.63) is 23.9 Å². The topological polar surface area (TPSA) is 42.1 Å². The number of nitrogen functional groups attached to an aromatic ring is 1. The lowest BCUT2D eigenvalue weighted by Crippen LogP contribution is -2.22. The third-order valence-electron chi connectivity index (χ3n) is 2.96. The van der Waals surface area contributed by atoms with Gasteiger partial charge in [-0.25, -0.2) is 4.98 Å². The molecule has 2 rings (SSSR count). The Balaban J connectivity index is 2.17. The van der Waals surface area contributed by atoms with Gasteiger partial charge in [0.1, 0.15) is 5.82 Å². The minimum atomic E-state index is 0.563. The van der Waals surface area contributed by atoms with E-state index in [1.54, 1.807) is 0 Å². The third kappa shape index (κ3) is 1.73. The number of anilines is 1. The van der Waals surface area contributed by atoms with Crippen LogP contribution >= 0.6 is 0 Å². The van der Waals surface area contributed by atoms with Gasteiger partial charge in [0.05, 0.1) is 0 Å². The van der Waals surface area contributed by atoms with Crippen molar-refractivity contribution in [2.24, 2.45) is 0 Å². The van der Waals surface area contributed by atoms with Crippen LogP contribution in [0.1, 0.15) is 31.4 Å². The largest absolute Gasteiger partial charge is 0.384 e. The number of nitrogens with two attached hydrogens (primary N) is 1. The van der Waals surface area contributed by atoms with Crippen LogP contribution in [0.4, 0.5) is 5.82 Å². The van der Waals surface area contributed by atoms with Gasteiger partial charge in [0.15, 0.2) is 0 Å². The zero-order chi connectivity index (χ0) is 9.97. The summed E-state index contributed by atoms with van der Waals surface area (Å²) in [6.07, 6.45) is 4.45. The molecule has 0 radical (unpaired) electrons. The van der Waals surface area contributed by atoms with Gasteiger partial charge in [0.25, 0.3) is 0 Å². The number of pyridine rings is 1. The first-order valence-electron chi connectivity index (χ1n) is 5.26. The highest BCUT2D eigenvalue weighted by atomic mass is 15.2. The molecule has 76 valence electrons. The number of nitrogens with zero attached hydrogens (tertiary/aromatic N) is 2. The zero-order valence-electron chi connectivity index (χ0n) is 8.61. The van der Waals surface area contributed by atoms with E-state index in [2.05, 4.69) is 22.9 Å². The molecular formula is C11H17N3. The summed E-state index contributed by atoms with van der Waals surface area (Å²) in [6.45, 7) is 4.55. The Morgan fingerprint density at radius 1 is 1.57 bits per heavy atom. The first-order valence-corrected chi connectivity index (χ1v) is 5.26. The average Bonchev–Trinajstić information content (AvgIpc) is 2.67. The lowest BCUT2D eigenvalue weighted by Gasteiger charge is -2.22. The fourth-order valence-electron chi connectivity index (χ4n) is 2.20. The van der Waals surface area contributed by atoms with Gasteiger partial charge >= 0.3 is 0 Å². The quantitative estimate of drug-likeness (QED) is 0.775. The number of aromatic nitrogens is 1. The molecule has 0 aliphatic carbocycles. The Bertz CT molecular complexity index is 294. The highest BCUT2D eigenvalue weighted by molar-refractivity contribution is 5.30. The lowest BCUT2D eigenvalue weighted by atomic mass is 10.1. The van der Waals surface area contributed by atoms with Crippen LogP contribution in [0.15, 0.2) is 18.3 Å². The number of rotatable bonds is 2. The second kappa shape index (κ2) is 3.96. The van der Waals surface area contributed by atoms with E-state index < -0.39 is 0 Å². The molecular weight excluding hydrogens is 174 g/mol. The summed E-state index contributed by atoms with van der Waals surface area (Å²) in [7, 11) is 0. The summed E-state index contributed by atoms with van der Waals surface area (Å²) < 4.78 is 0. The highest BCUT2D eigenvalue weighted by Crippen LogP contribution is 2.30. The standard InChI is InChI=1S/C11H17N3/c1-2-14-7-3-4-10(14)9-5-6-11(12)13-8-9/h5-6,8,10H,2-4,7H2,1H3,(H2,12,13)/t10-/m1/s1. The molecule has 1 aromatic rings. The van der Waals surface area contributed by atoms with E-state index >= 15 is 0 Å². The molecule has 0 aromatic carbocycles. The molecule has 0 saturated carbocycles. The minimum Gasteiger partial charge on any atom is -0.384 e. The molecule has 0 bridgehead atoms. The molecule has 3 nitrogen and oxygen atoms in total. The van der Waals surface area contributed by atoms with Crippen molar-refractivity contribution in [3.8, 4) is 0 Å². The first-order chi connectivity index (χ1) is 6.81. The van der Waals surface area contributed by atoms with Gasteiger partial charge in [-0.3, -0.25) is 4.90 Å². The Kier molecular flexibility index (Phi) is 2.68. The fourth-order valence-corrected chi connectivity index (χ4v) is 2.20. The maximum absolute atomic E-state index is 5.57. The van der Waals surface area contributed by atoms with Crippen LogP contribution < -0.4 is 5.73 Å². The highest BCUT2D eigenvalue weighted by Gasteiger charge is 2.24. The molecule has 0 amide bonds. The van der Waals surface area contributed by atoms with Crippen LogP contribution in [-0.4, -0.2) is 23.0 Å². The van der Waals surface area contributed by atoms with Crippen LogP contribution in [-0.2, 0) is 0 Å². The first kappa shape index (κ1) is 9.46. The van der Waals surface area contributed by atoms with Gasteiger partial charge in [-0.1, -0.05) is 13.0 Å². The van der Waals surface area contributed by atoms with Crippen LogP contribution in [0.2, 0.25) is 0 Å². The summed E-state index contributed by atoms with van der Waals surface area (Å²) in [5, 5.41) is 0. The van der Waals surface area contributed by atoms with Crippen molar-refractivity contribution < 1.29 is 0 Å². The summed E-state index contributed by atoms with van der Waals surface area (Å²) in [4.78, 5) is 6.64. The molecule has 2 heterocycles. The monoisotopic (exact) mass is 191 g/mol. The van der Waals surface area contributed by atoms with Crippen molar-refractivity contribution >= 4 is 5.82 Å². The SMILES string of the molecule is CCN1CCC[C@@H]1c1ccc(N)nc1. The number of hydrogen-bond donors (Lipinski definition) is 1. The predicted octanol–water partition coefficient (Wildman–Crippen LogP) is 1.82. The Hall–Kier alpha value is -1.09. The Morgan fingerprint density at radius 3 is 3.07 bits per heavy atom. The molecule has 0 unspecified atom stereocenters. The smallest absolute Gasteiger partial charge is 0.123 e. The maximum Gasteiger partial charge on any atom is 0.123 e. The van der Waals surface area contributed by atoms with Crippen LogP contribution in [0.25, 0.3) is 0 Å². The van der Waals surface area contributed by atoms with E-state index in [1.165, 1.54) is 24.9 Å². The second-order valence-corrected chi connectivity index (χ2v) is 3.80. The van der Waals surface area contributed by atoms with E-state index in [0.717, 1.165) is 6.54 Å². The molecule has 3 heteroatoms. The third-order valence-corrected chi connectivity index (χ3v) is 2.96. The van der Waals surface area contributed by atoms with Gasteiger partial charge in [-0.15, -0.1) is 0 Å². The van der Waals surface area contributed by atoms with E-state index in [9.17, 15) is 0 Å². The van der Waals surface area contributed by atoms with Gasteiger partial charge in [-0.05, 0) is 37.6 Å². The van der Waals surface area contributed by atoms with Crippen molar-refractivity contribution in [3.63, 3.8) is 0 Å². The van der Waals surface area contributed by atoms with E-state index in [0.29, 0.717) is 11.9 Å². The number of hydrogen-bond acceptors (Lipinski definition) is 3. The number of likely N-dealkylation sites (tertiary alicyclic amines) is 1. The van der Waals surface area contributed by atoms with Gasteiger partial charge < -0.3 is 5.73 Å². The fraction of sp³-hybridized carbons (Fsp3) is 0.545. The van der Waals surface area contributed by atoms with Gasteiger partial charge in [-0.2, -0.15) is 0 Å². The van der Waals surface area contributed by atoms with Gasteiger partial charge in [0, 0.05) is 12.2 Å². The minimum absolute atomic E-state index is 0.563. The zero-order valence-corrected chi connectivity index (χ0v) is 8.61. The van der Waals surface area contributed by atoms with Crippen LogP contribution in [0.3, 0.4) is 0 Å². The molecule has 1 saturated heterocycles. The average molecular weight is 191 g/mol. The summed E-state index contributed by atoms with van der Waals surface area (Å²) in [5.41, 5.74) is 6.87. The van der Waals surface area contributed by atoms with Crippen LogP contribution in [0, 0.1) is 0 Å². The molecule has 14 heavy (non-hydrogen) atoms. The molecule has 0 spiro atoms. The van der Waals surface area contributed by atoms with Crippen molar-refractivity contribution in [1.82, 2.24) is 9.88 Å². The maximum atomic E-state index is 5.57. The predicted molar refractivity (Wildman–Crippen MR) is 57.9 cm³/mol. The normalized spacial score (nSPS) is 22.8. The molecule has 1 aromatic heterocycles. The summed E-state index contributed by atoms with van der Waals surface area (Å²) in [6, 6.07) is 4.55. The van der Waals surface area contributed by atoms with Crippen molar-refractivity contribution in [2.75, 3.05) is 18.8 Å². The summed E-state index contributed by atoms with van der Waals surface area (Å²) in [5.74, 6) is 0.606. The molecule has 1 atom stereocenters. The Morgan fingerprint density at radius 2 is 2.43 bits per heavy atom. The Labute approximate surface area is 84.9 Å². The molecule has 1 aliphatic heterocycles. The van der Waals surface area contributed by atoms with Crippen molar-refractivity contribution in [2.45, 2.75) is 25.8 Å². The van der Waals surface area contributed by atoms with E-state index in [4.69, 9.17) is 5.73 Å². The van der Waals surface area contributed by atoms with E-state index in [1.807, 2.05) is 12.3 Å². The van der Waals surface area contributed by atoms with Crippen LogP contribution in [0.5, 0.6) is 0 Å². The van der Waals surface area contributed by atoms with Gasteiger partial charge in [0.2, 0.25) is 0 Å². The molecule has 1 fully saturated rings. The molecule has 2 N–H and O–H groups in total. The molecule has 1 aliphatic rings. The van der Waals surface area contributed by atoms with Crippen molar-refractivity contribution in [1.29, 1.82) is 0 Å².